The van der Waals surface area contributed by atoms with Gasteiger partial charge in [-0.15, -0.1) is 4.40 Å². The largest absolute Gasteiger partial charge is 0.342 e. The lowest BCUT2D eigenvalue weighted by atomic mass is 9.78. The quantitative estimate of drug-likeness (QED) is 0.721. The van der Waals surface area contributed by atoms with Crippen LogP contribution in [0.5, 0.6) is 0 Å². The highest BCUT2D eigenvalue weighted by Gasteiger charge is 2.39. The van der Waals surface area contributed by atoms with Gasteiger partial charge < -0.3 is 10.6 Å². The van der Waals surface area contributed by atoms with Crippen LogP contribution in [0.15, 0.2) is 51.8 Å². The van der Waals surface area contributed by atoms with E-state index < -0.39 is 10.0 Å². The predicted octanol–water partition coefficient (Wildman–Crippen LogP) is 4.80. The molecule has 0 aromatic heterocycles. The second-order valence-electron chi connectivity index (χ2n) is 8.62. The summed E-state index contributed by atoms with van der Waals surface area (Å²) in [5.74, 6) is 0.386. The third kappa shape index (κ3) is 4.41. The number of benzene rings is 2. The number of carbonyl (C=O) groups is 1. The number of sulfonamides is 1. The van der Waals surface area contributed by atoms with Gasteiger partial charge in [0.05, 0.1) is 5.69 Å². The van der Waals surface area contributed by atoms with Gasteiger partial charge in [-0.05, 0) is 67.5 Å². The van der Waals surface area contributed by atoms with Crippen LogP contribution in [0.25, 0.3) is 0 Å². The number of amides is 1. The van der Waals surface area contributed by atoms with Gasteiger partial charge in [0.2, 0.25) is 5.91 Å². The number of anilines is 2. The van der Waals surface area contributed by atoms with Gasteiger partial charge in [0.25, 0.3) is 10.0 Å². The van der Waals surface area contributed by atoms with E-state index in [-0.39, 0.29) is 16.2 Å². The Morgan fingerprint density at radius 2 is 1.77 bits per heavy atom. The highest BCUT2D eigenvalue weighted by atomic mass is 32.2. The van der Waals surface area contributed by atoms with Gasteiger partial charge in [-0.2, -0.15) is 8.42 Å². The molecule has 7 heteroatoms. The van der Waals surface area contributed by atoms with Crippen molar-refractivity contribution in [3.63, 3.8) is 0 Å². The molecule has 30 heavy (non-hydrogen) atoms. The zero-order valence-electron chi connectivity index (χ0n) is 17.4. The Hall–Kier alpha value is -2.67. The molecule has 1 amide bonds. The van der Waals surface area contributed by atoms with E-state index in [1.165, 1.54) is 0 Å². The van der Waals surface area contributed by atoms with Crippen LogP contribution >= 0.6 is 0 Å². The number of rotatable bonds is 5. The third-order valence-corrected chi connectivity index (χ3v) is 7.29. The Morgan fingerprint density at radius 1 is 1.10 bits per heavy atom. The molecule has 1 saturated carbocycles. The molecule has 0 radical (unpaired) electrons. The second kappa shape index (κ2) is 7.87. The van der Waals surface area contributed by atoms with Crippen LogP contribution in [0.4, 0.5) is 11.4 Å². The Morgan fingerprint density at radius 3 is 2.47 bits per heavy atom. The van der Waals surface area contributed by atoms with Crippen molar-refractivity contribution in [2.75, 3.05) is 10.6 Å². The Kier molecular flexibility index (Phi) is 5.40. The first kappa shape index (κ1) is 20.6. The van der Waals surface area contributed by atoms with Crippen molar-refractivity contribution in [2.24, 2.45) is 9.81 Å². The van der Waals surface area contributed by atoms with Crippen LogP contribution in [-0.2, 0) is 14.8 Å². The fourth-order valence-corrected chi connectivity index (χ4v) is 5.88. The average molecular weight is 426 g/mol. The zero-order chi connectivity index (χ0) is 21.4. The number of aryl methyl sites for hydroxylation is 2. The molecule has 1 aliphatic carbocycles. The van der Waals surface area contributed by atoms with Crippen LogP contribution in [-0.4, -0.2) is 20.2 Å². The summed E-state index contributed by atoms with van der Waals surface area (Å²) in [6.07, 6.45) is 4.63. The molecule has 4 rings (SSSR count). The number of carbonyl (C=O) groups excluding carboxylic acids is 1. The summed E-state index contributed by atoms with van der Waals surface area (Å²) in [7, 11) is -3.72. The van der Waals surface area contributed by atoms with Gasteiger partial charge in [-0.25, -0.2) is 0 Å². The van der Waals surface area contributed by atoms with Crippen LogP contribution < -0.4 is 10.6 Å². The molecule has 6 nitrogen and oxygen atoms in total. The lowest BCUT2D eigenvalue weighted by molar-refractivity contribution is -0.118. The van der Waals surface area contributed by atoms with Gasteiger partial charge >= 0.3 is 0 Å². The van der Waals surface area contributed by atoms with Crippen LogP contribution in [0.1, 0.15) is 49.7 Å². The average Bonchev–Trinajstić information content (AvgIpc) is 3.07. The molecule has 0 atom stereocenters. The van der Waals surface area contributed by atoms with E-state index in [1.54, 1.807) is 24.3 Å². The van der Waals surface area contributed by atoms with Crippen molar-refractivity contribution < 1.29 is 13.2 Å². The zero-order valence-corrected chi connectivity index (χ0v) is 18.2. The normalized spacial score (nSPS) is 18.8. The summed E-state index contributed by atoms with van der Waals surface area (Å²) in [6.45, 7) is 4.01. The van der Waals surface area contributed by atoms with Crippen LogP contribution in [0, 0.1) is 19.3 Å². The maximum atomic E-state index is 12.9. The molecular weight excluding hydrogens is 398 g/mol. The second-order valence-corrected chi connectivity index (χ2v) is 10.2. The van der Waals surface area contributed by atoms with E-state index >= 15 is 0 Å². The molecule has 0 unspecified atom stereocenters. The number of amidine groups is 1. The maximum absolute atomic E-state index is 12.9. The number of para-hydroxylation sites is 1. The van der Waals surface area contributed by atoms with Gasteiger partial charge in [0.15, 0.2) is 0 Å². The first-order valence-corrected chi connectivity index (χ1v) is 11.8. The lowest BCUT2D eigenvalue weighted by Crippen LogP contribution is -2.32. The molecule has 2 N–H and O–H groups in total. The number of fused-ring (bicyclic) bond motifs is 1. The first-order chi connectivity index (χ1) is 14.2. The Balaban J connectivity index is 1.52. The lowest BCUT2D eigenvalue weighted by Gasteiger charge is -2.30. The number of nitrogens with one attached hydrogen (secondary N) is 2. The summed E-state index contributed by atoms with van der Waals surface area (Å²) in [5.41, 5.74) is 3.28. The van der Waals surface area contributed by atoms with Crippen molar-refractivity contribution in [3.8, 4) is 0 Å². The predicted molar refractivity (Wildman–Crippen MR) is 119 cm³/mol. The van der Waals surface area contributed by atoms with Crippen molar-refractivity contribution in [1.29, 1.82) is 0 Å². The molecule has 2 aliphatic rings. The number of hydrogen-bond donors (Lipinski definition) is 2. The van der Waals surface area contributed by atoms with E-state index in [1.807, 2.05) is 26.0 Å². The molecule has 0 bridgehead atoms. The van der Waals surface area contributed by atoms with Gasteiger partial charge in [0, 0.05) is 18.5 Å². The van der Waals surface area contributed by atoms with Crippen molar-refractivity contribution in [3.05, 3.63) is 53.6 Å². The molecule has 158 valence electrons. The summed E-state index contributed by atoms with van der Waals surface area (Å²) < 4.78 is 29.2. The van der Waals surface area contributed by atoms with E-state index in [4.69, 9.17) is 0 Å². The molecule has 2 aromatic rings. The minimum absolute atomic E-state index is 0.0402. The standard InChI is InChI=1S/C23H27N3O3S/c1-16-11-17(2)13-18(12-16)24-22(27)15-23(9-5-6-10-23)14-21-25-19-7-3-4-8-20(19)30(28,29)26-21/h3-4,7-8,11-13H,5-6,9-10,14-15H2,1-2H3,(H,24,27)(H,25,26). The monoisotopic (exact) mass is 425 g/mol. The van der Waals surface area contributed by atoms with Gasteiger partial charge in [-0.3, -0.25) is 4.79 Å². The Bertz CT molecular complexity index is 1100. The molecule has 0 saturated heterocycles. The van der Waals surface area contributed by atoms with E-state index in [2.05, 4.69) is 21.1 Å². The summed E-state index contributed by atoms with van der Waals surface area (Å²) >= 11 is 0. The van der Waals surface area contributed by atoms with Crippen molar-refractivity contribution >= 4 is 33.1 Å². The van der Waals surface area contributed by atoms with E-state index in [0.717, 1.165) is 42.5 Å². The van der Waals surface area contributed by atoms with Crippen LogP contribution in [0.2, 0.25) is 0 Å². The third-order valence-electron chi connectivity index (χ3n) is 5.92. The Labute approximate surface area is 177 Å². The van der Waals surface area contributed by atoms with Crippen molar-refractivity contribution in [2.45, 2.75) is 57.3 Å². The topological polar surface area (TPSA) is 87.6 Å². The van der Waals surface area contributed by atoms with Gasteiger partial charge in [-0.1, -0.05) is 31.0 Å². The molecule has 1 fully saturated rings. The SMILES string of the molecule is Cc1cc(C)cc(NC(=O)CC2(CC3=NS(=O)(=O)c4ccccc4N3)CCCC2)c1. The van der Waals surface area contributed by atoms with Gasteiger partial charge in [0.1, 0.15) is 10.7 Å². The fourth-order valence-electron chi connectivity index (χ4n) is 4.73. The fraction of sp³-hybridized carbons (Fsp3) is 0.391. The molecule has 2 aromatic carbocycles. The molecule has 1 aliphatic heterocycles. The van der Waals surface area contributed by atoms with E-state index in [9.17, 15) is 13.2 Å². The smallest absolute Gasteiger partial charge is 0.286 e. The molecule has 0 spiro atoms. The summed E-state index contributed by atoms with van der Waals surface area (Å²) in [5, 5.41) is 6.21. The maximum Gasteiger partial charge on any atom is 0.286 e. The summed E-state index contributed by atoms with van der Waals surface area (Å²) in [6, 6.07) is 12.8. The minimum atomic E-state index is -3.72. The number of nitrogens with zero attached hydrogens (tertiary/aromatic N) is 1. The number of hydrogen-bond acceptors (Lipinski definition) is 4. The highest BCUT2D eigenvalue weighted by molar-refractivity contribution is 7.90. The highest BCUT2D eigenvalue weighted by Crippen LogP contribution is 2.45. The molecular formula is C23H27N3O3S. The van der Waals surface area contributed by atoms with Crippen LogP contribution in [0.3, 0.4) is 0 Å². The molecule has 1 heterocycles. The summed E-state index contributed by atoms with van der Waals surface area (Å²) in [4.78, 5) is 13.1. The first-order valence-electron chi connectivity index (χ1n) is 10.3. The van der Waals surface area contributed by atoms with Crippen molar-refractivity contribution in [1.82, 2.24) is 0 Å². The van der Waals surface area contributed by atoms with E-state index in [0.29, 0.717) is 24.4 Å². The minimum Gasteiger partial charge on any atom is -0.342 e.